The van der Waals surface area contributed by atoms with Crippen molar-refractivity contribution in [2.24, 2.45) is 5.92 Å². The maximum absolute atomic E-state index is 12.5. The lowest BCUT2D eigenvalue weighted by Crippen LogP contribution is -2.23. The Kier molecular flexibility index (Phi) is 3.44. The van der Waals surface area contributed by atoms with Crippen LogP contribution in [0.3, 0.4) is 0 Å². The Morgan fingerprint density at radius 3 is 2.29 bits per heavy atom. The Labute approximate surface area is 130 Å². The maximum Gasteiger partial charge on any atom is 0.178 e. The molecule has 114 valence electrons. The van der Waals surface area contributed by atoms with Crippen molar-refractivity contribution in [2.45, 2.75) is 57.3 Å². The summed E-state index contributed by atoms with van der Waals surface area (Å²) in [5.41, 5.74) is 8.58. The van der Waals surface area contributed by atoms with Crippen LogP contribution in [0.5, 0.6) is 0 Å². The molecule has 21 heavy (non-hydrogen) atoms. The van der Waals surface area contributed by atoms with Crippen LogP contribution in [0.15, 0.2) is 0 Å². The van der Waals surface area contributed by atoms with Crippen LogP contribution >= 0.6 is 11.3 Å². The number of nitrogens with two attached hydrogens (primary N) is 1. The van der Waals surface area contributed by atoms with Crippen molar-refractivity contribution in [1.82, 2.24) is 0 Å². The zero-order valence-electron chi connectivity index (χ0n) is 12.6. The molecule has 1 aliphatic heterocycles. The summed E-state index contributed by atoms with van der Waals surface area (Å²) in [6, 6.07) is 0. The fourth-order valence-corrected chi connectivity index (χ4v) is 4.81. The summed E-state index contributed by atoms with van der Waals surface area (Å²) in [5.74, 6) is 1.22. The fourth-order valence-electron chi connectivity index (χ4n) is 3.43. The number of anilines is 2. The SMILES string of the molecule is Nc1c(C(=O)C2CC2)sc(N2CCCCCC2)c1C1CC1. The summed E-state index contributed by atoms with van der Waals surface area (Å²) in [6.07, 6.45) is 9.84. The van der Waals surface area contributed by atoms with E-state index in [2.05, 4.69) is 4.90 Å². The van der Waals surface area contributed by atoms with E-state index < -0.39 is 0 Å². The van der Waals surface area contributed by atoms with Gasteiger partial charge in [-0.2, -0.15) is 0 Å². The molecule has 0 amide bonds. The molecule has 2 saturated carbocycles. The first-order valence-corrected chi connectivity index (χ1v) is 9.28. The molecule has 0 aromatic carbocycles. The normalized spacial score (nSPS) is 23.1. The number of Topliss-reactive ketones (excluding diaryl/α,β-unsaturated/α-hetero) is 1. The van der Waals surface area contributed by atoms with Gasteiger partial charge < -0.3 is 10.6 Å². The van der Waals surface area contributed by atoms with Gasteiger partial charge in [0, 0.05) is 24.6 Å². The number of nitrogens with zero attached hydrogens (tertiary/aromatic N) is 1. The van der Waals surface area contributed by atoms with E-state index in [-0.39, 0.29) is 5.92 Å². The summed E-state index contributed by atoms with van der Waals surface area (Å²) >= 11 is 1.70. The largest absolute Gasteiger partial charge is 0.397 e. The molecule has 0 atom stereocenters. The molecular formula is C17H24N2OS. The summed E-state index contributed by atoms with van der Waals surface area (Å²) in [7, 11) is 0. The van der Waals surface area contributed by atoms with Crippen molar-refractivity contribution in [1.29, 1.82) is 0 Å². The van der Waals surface area contributed by atoms with Gasteiger partial charge in [0.15, 0.2) is 5.78 Å². The number of carbonyl (C=O) groups is 1. The van der Waals surface area contributed by atoms with Crippen LogP contribution in [0.25, 0.3) is 0 Å². The van der Waals surface area contributed by atoms with Crippen molar-refractivity contribution in [2.75, 3.05) is 23.7 Å². The van der Waals surface area contributed by atoms with E-state index in [9.17, 15) is 4.79 Å². The molecule has 2 N–H and O–H groups in total. The van der Waals surface area contributed by atoms with Crippen LogP contribution in [0.4, 0.5) is 10.7 Å². The van der Waals surface area contributed by atoms with Crippen molar-refractivity contribution >= 4 is 27.8 Å². The number of thiophene rings is 1. The Morgan fingerprint density at radius 2 is 1.71 bits per heavy atom. The molecule has 2 aliphatic carbocycles. The molecule has 0 spiro atoms. The zero-order chi connectivity index (χ0) is 14.4. The third kappa shape index (κ3) is 2.59. The van der Waals surface area contributed by atoms with E-state index >= 15 is 0 Å². The van der Waals surface area contributed by atoms with Gasteiger partial charge in [-0.15, -0.1) is 11.3 Å². The molecule has 2 heterocycles. The van der Waals surface area contributed by atoms with Crippen molar-refractivity contribution in [3.05, 3.63) is 10.4 Å². The third-order valence-electron chi connectivity index (χ3n) is 5.01. The van der Waals surface area contributed by atoms with Crippen molar-refractivity contribution in [3.63, 3.8) is 0 Å². The predicted molar refractivity (Wildman–Crippen MR) is 88.4 cm³/mol. The Hall–Kier alpha value is -1.03. The molecule has 3 aliphatic rings. The minimum absolute atomic E-state index is 0.273. The van der Waals surface area contributed by atoms with Crippen LogP contribution < -0.4 is 10.6 Å². The van der Waals surface area contributed by atoms with E-state index in [4.69, 9.17) is 5.73 Å². The van der Waals surface area contributed by atoms with Crippen LogP contribution in [0.2, 0.25) is 0 Å². The minimum atomic E-state index is 0.273. The Balaban J connectivity index is 1.70. The lowest BCUT2D eigenvalue weighted by molar-refractivity contribution is 0.0972. The molecule has 1 aromatic heterocycles. The average Bonchev–Trinajstić information content (AvgIpc) is 3.37. The van der Waals surface area contributed by atoms with Crippen LogP contribution in [0, 0.1) is 5.92 Å². The third-order valence-corrected chi connectivity index (χ3v) is 6.31. The zero-order valence-corrected chi connectivity index (χ0v) is 13.4. The Morgan fingerprint density at radius 1 is 1.05 bits per heavy atom. The van der Waals surface area contributed by atoms with Gasteiger partial charge in [0.1, 0.15) is 0 Å². The fraction of sp³-hybridized carbons (Fsp3) is 0.706. The molecule has 4 rings (SSSR count). The smallest absolute Gasteiger partial charge is 0.178 e. The van der Waals surface area contributed by atoms with E-state index in [1.807, 2.05) is 0 Å². The molecule has 4 heteroatoms. The molecule has 3 fully saturated rings. The lowest BCUT2D eigenvalue weighted by atomic mass is 10.1. The van der Waals surface area contributed by atoms with E-state index in [1.165, 1.54) is 49.1 Å². The lowest BCUT2D eigenvalue weighted by Gasteiger charge is -2.22. The molecule has 0 unspecified atom stereocenters. The number of nitrogen functional groups attached to an aromatic ring is 1. The second kappa shape index (κ2) is 5.31. The Bertz CT molecular complexity index is 549. The highest BCUT2D eigenvalue weighted by Crippen LogP contribution is 2.53. The van der Waals surface area contributed by atoms with Gasteiger partial charge in [-0.25, -0.2) is 0 Å². The van der Waals surface area contributed by atoms with Gasteiger partial charge in [0.2, 0.25) is 0 Å². The highest BCUT2D eigenvalue weighted by Gasteiger charge is 2.38. The highest BCUT2D eigenvalue weighted by molar-refractivity contribution is 7.19. The van der Waals surface area contributed by atoms with Gasteiger partial charge in [-0.1, -0.05) is 12.8 Å². The highest BCUT2D eigenvalue weighted by atomic mass is 32.1. The molecular weight excluding hydrogens is 280 g/mol. The van der Waals surface area contributed by atoms with Crippen molar-refractivity contribution < 1.29 is 4.79 Å². The summed E-state index contributed by atoms with van der Waals surface area (Å²) in [4.78, 5) is 15.9. The van der Waals surface area contributed by atoms with Gasteiger partial charge in [0.05, 0.1) is 15.6 Å². The van der Waals surface area contributed by atoms with Gasteiger partial charge >= 0.3 is 0 Å². The predicted octanol–water partition coefficient (Wildman–Crippen LogP) is 4.18. The van der Waals surface area contributed by atoms with E-state index in [0.717, 1.165) is 36.5 Å². The molecule has 3 nitrogen and oxygen atoms in total. The summed E-state index contributed by atoms with van der Waals surface area (Å²) < 4.78 is 0. The van der Waals surface area contributed by atoms with Gasteiger partial charge in [-0.3, -0.25) is 4.79 Å². The van der Waals surface area contributed by atoms with Gasteiger partial charge in [0.25, 0.3) is 0 Å². The van der Waals surface area contributed by atoms with Crippen LogP contribution in [0.1, 0.15) is 72.5 Å². The molecule has 1 aromatic rings. The average molecular weight is 304 g/mol. The number of carbonyl (C=O) groups excluding carboxylic acids is 1. The number of rotatable bonds is 4. The number of hydrogen-bond donors (Lipinski definition) is 1. The quantitative estimate of drug-likeness (QED) is 0.849. The van der Waals surface area contributed by atoms with E-state index in [1.54, 1.807) is 11.3 Å². The van der Waals surface area contributed by atoms with E-state index in [0.29, 0.717) is 11.7 Å². The standard InChI is InChI=1S/C17H24N2OS/c18-14-13(11-5-6-11)17(19-9-3-1-2-4-10-19)21-16(14)15(20)12-7-8-12/h11-12H,1-10,18H2. The molecule has 0 radical (unpaired) electrons. The van der Waals surface area contributed by atoms with Crippen LogP contribution in [-0.2, 0) is 0 Å². The minimum Gasteiger partial charge on any atom is -0.397 e. The topological polar surface area (TPSA) is 46.3 Å². The van der Waals surface area contributed by atoms with Gasteiger partial charge in [-0.05, 0) is 44.4 Å². The van der Waals surface area contributed by atoms with Crippen molar-refractivity contribution in [3.8, 4) is 0 Å². The number of ketones is 1. The van der Waals surface area contributed by atoms with Crippen LogP contribution in [-0.4, -0.2) is 18.9 Å². The second-order valence-corrected chi connectivity index (χ2v) is 7.88. The molecule has 0 bridgehead atoms. The monoisotopic (exact) mass is 304 g/mol. The first kappa shape index (κ1) is 13.6. The number of hydrogen-bond acceptors (Lipinski definition) is 4. The maximum atomic E-state index is 12.5. The summed E-state index contributed by atoms with van der Waals surface area (Å²) in [5, 5.41) is 1.33. The first-order valence-electron chi connectivity index (χ1n) is 8.47. The first-order chi connectivity index (χ1) is 10.3. The molecule has 1 saturated heterocycles. The summed E-state index contributed by atoms with van der Waals surface area (Å²) in [6.45, 7) is 2.27. The second-order valence-electron chi connectivity index (χ2n) is 6.88.